The Bertz CT molecular complexity index is 392. The van der Waals surface area contributed by atoms with Gasteiger partial charge in [-0.25, -0.2) is 0 Å². The van der Waals surface area contributed by atoms with E-state index in [-0.39, 0.29) is 30.8 Å². The maximum Gasteiger partial charge on any atom is 0.303 e. The summed E-state index contributed by atoms with van der Waals surface area (Å²) >= 11 is 0. The lowest BCUT2D eigenvalue weighted by Gasteiger charge is -2.32. The van der Waals surface area contributed by atoms with Gasteiger partial charge < -0.3 is 25.4 Å². The van der Waals surface area contributed by atoms with Crippen LogP contribution in [0.3, 0.4) is 0 Å². The number of carbonyl (C=O) groups excluding carboxylic acids is 1. The van der Waals surface area contributed by atoms with Gasteiger partial charge in [-0.1, -0.05) is 0 Å². The number of hydrogen-bond acceptors (Lipinski definition) is 6. The molecular weight excluding hydrogens is 254 g/mol. The van der Waals surface area contributed by atoms with Gasteiger partial charge in [-0.15, -0.1) is 0 Å². The van der Waals surface area contributed by atoms with Gasteiger partial charge in [0.2, 0.25) is 5.78 Å². The smallest absolute Gasteiger partial charge is 0.303 e. The quantitative estimate of drug-likeness (QED) is 0.457. The first kappa shape index (κ1) is 15.5. The predicted octanol–water partition coefficient (Wildman–Crippen LogP) is -0.615. The molecule has 0 radical (unpaired) electrons. The van der Waals surface area contributed by atoms with Crippen molar-refractivity contribution in [2.45, 2.75) is 31.3 Å². The molecule has 108 valence electrons. The van der Waals surface area contributed by atoms with Gasteiger partial charge in [0.25, 0.3) is 0 Å². The highest BCUT2D eigenvalue weighted by atomic mass is 16.5. The van der Waals surface area contributed by atoms with Crippen molar-refractivity contribution in [2.75, 3.05) is 20.3 Å². The molecular formula is C12H19NO6. The Morgan fingerprint density at radius 1 is 1.47 bits per heavy atom. The SMILES string of the molecule is COC1=C(NCCCC(=O)O)CC(O)(CO)CC1=O. The number of hydrogen-bond donors (Lipinski definition) is 4. The number of aliphatic hydroxyl groups excluding tert-OH is 1. The van der Waals surface area contributed by atoms with Crippen LogP contribution < -0.4 is 5.32 Å². The van der Waals surface area contributed by atoms with Gasteiger partial charge in [-0.05, 0) is 6.42 Å². The summed E-state index contributed by atoms with van der Waals surface area (Å²) < 4.78 is 4.99. The Morgan fingerprint density at radius 2 is 2.16 bits per heavy atom. The molecule has 0 aromatic carbocycles. The molecule has 7 nitrogen and oxygen atoms in total. The Morgan fingerprint density at radius 3 is 2.68 bits per heavy atom. The van der Waals surface area contributed by atoms with Crippen molar-refractivity contribution in [3.05, 3.63) is 11.5 Å². The molecule has 1 aliphatic carbocycles. The summed E-state index contributed by atoms with van der Waals surface area (Å²) in [6, 6.07) is 0. The predicted molar refractivity (Wildman–Crippen MR) is 65.2 cm³/mol. The second-order valence-electron chi connectivity index (χ2n) is 4.60. The molecule has 0 saturated carbocycles. The van der Waals surface area contributed by atoms with Crippen molar-refractivity contribution in [1.82, 2.24) is 5.32 Å². The Balaban J connectivity index is 2.69. The highest BCUT2D eigenvalue weighted by Gasteiger charge is 2.38. The summed E-state index contributed by atoms with van der Waals surface area (Å²) in [7, 11) is 1.36. The fourth-order valence-corrected chi connectivity index (χ4v) is 1.99. The molecule has 1 aliphatic rings. The number of allylic oxidation sites excluding steroid dienone is 1. The number of carbonyl (C=O) groups is 2. The van der Waals surface area contributed by atoms with Crippen LogP contribution in [0, 0.1) is 0 Å². The topological polar surface area (TPSA) is 116 Å². The lowest BCUT2D eigenvalue weighted by molar-refractivity contribution is -0.137. The second kappa shape index (κ2) is 6.53. The first-order chi connectivity index (χ1) is 8.91. The van der Waals surface area contributed by atoms with E-state index in [0.29, 0.717) is 18.7 Å². The van der Waals surface area contributed by atoms with Crippen molar-refractivity contribution < 1.29 is 29.6 Å². The third-order valence-electron chi connectivity index (χ3n) is 2.93. The minimum Gasteiger partial charge on any atom is -0.491 e. The molecule has 4 N–H and O–H groups in total. The van der Waals surface area contributed by atoms with Crippen LogP contribution in [0.4, 0.5) is 0 Å². The number of aliphatic hydroxyl groups is 2. The average Bonchev–Trinajstić information content (AvgIpc) is 2.34. The van der Waals surface area contributed by atoms with Crippen molar-refractivity contribution in [3.8, 4) is 0 Å². The summed E-state index contributed by atoms with van der Waals surface area (Å²) in [6.45, 7) is -0.167. The molecule has 1 unspecified atom stereocenters. The monoisotopic (exact) mass is 273 g/mol. The normalized spacial score (nSPS) is 23.4. The molecule has 0 spiro atoms. The van der Waals surface area contributed by atoms with E-state index in [9.17, 15) is 14.7 Å². The van der Waals surface area contributed by atoms with Crippen LogP contribution in [-0.2, 0) is 14.3 Å². The minimum absolute atomic E-state index is 0.0147. The van der Waals surface area contributed by atoms with Crippen LogP contribution in [-0.4, -0.2) is 52.9 Å². The van der Waals surface area contributed by atoms with Crippen LogP contribution in [0.1, 0.15) is 25.7 Å². The number of methoxy groups -OCH3 is 1. The molecule has 0 fully saturated rings. The fourth-order valence-electron chi connectivity index (χ4n) is 1.99. The number of carboxylic acids is 1. The Labute approximate surface area is 110 Å². The minimum atomic E-state index is -1.48. The van der Waals surface area contributed by atoms with Gasteiger partial charge in [0.15, 0.2) is 5.76 Å². The van der Waals surface area contributed by atoms with E-state index in [0.717, 1.165) is 0 Å². The van der Waals surface area contributed by atoms with Crippen LogP contribution in [0.25, 0.3) is 0 Å². The molecule has 7 heteroatoms. The van der Waals surface area contributed by atoms with Gasteiger partial charge in [0.1, 0.15) is 5.60 Å². The maximum absolute atomic E-state index is 11.8. The molecule has 0 aromatic rings. The lowest BCUT2D eigenvalue weighted by atomic mass is 9.86. The first-order valence-electron chi connectivity index (χ1n) is 6.01. The zero-order valence-corrected chi connectivity index (χ0v) is 10.8. The average molecular weight is 273 g/mol. The summed E-state index contributed by atoms with van der Waals surface area (Å²) in [5.41, 5.74) is -1.07. The number of Topliss-reactive ketones (excluding diaryl/α,β-unsaturated/α-hetero) is 1. The third kappa shape index (κ3) is 4.22. The summed E-state index contributed by atoms with van der Waals surface area (Å²) in [5, 5.41) is 30.5. The molecule has 0 aromatic heterocycles. The molecule has 1 atom stereocenters. The van der Waals surface area contributed by atoms with E-state index < -0.39 is 18.2 Å². The zero-order chi connectivity index (χ0) is 14.5. The summed E-state index contributed by atoms with van der Waals surface area (Å²) in [5.74, 6) is -1.14. The molecule has 19 heavy (non-hydrogen) atoms. The molecule has 0 heterocycles. The van der Waals surface area contributed by atoms with Crippen molar-refractivity contribution in [3.63, 3.8) is 0 Å². The van der Waals surface area contributed by atoms with Crippen molar-refractivity contribution in [2.24, 2.45) is 0 Å². The standard InChI is InChI=1S/C12H19NO6/c1-19-11-8(13-4-2-3-10(16)17)5-12(18,7-14)6-9(11)15/h13-14,18H,2-7H2,1H3,(H,16,17). The van der Waals surface area contributed by atoms with Crippen LogP contribution in [0.5, 0.6) is 0 Å². The van der Waals surface area contributed by atoms with Gasteiger partial charge in [0.05, 0.1) is 19.4 Å². The summed E-state index contributed by atoms with van der Waals surface area (Å²) in [4.78, 5) is 22.1. The van der Waals surface area contributed by atoms with Crippen LogP contribution >= 0.6 is 0 Å². The fraction of sp³-hybridized carbons (Fsp3) is 0.667. The number of nitrogens with one attached hydrogen (secondary N) is 1. The molecule has 0 saturated heterocycles. The highest BCUT2D eigenvalue weighted by molar-refractivity contribution is 5.95. The largest absolute Gasteiger partial charge is 0.491 e. The van der Waals surface area contributed by atoms with E-state index in [4.69, 9.17) is 14.9 Å². The number of aliphatic carboxylic acids is 1. The Hall–Kier alpha value is -1.60. The molecule has 0 aliphatic heterocycles. The number of ketones is 1. The maximum atomic E-state index is 11.8. The van der Waals surface area contributed by atoms with E-state index in [1.54, 1.807) is 0 Å². The number of ether oxygens (including phenoxy) is 1. The number of rotatable bonds is 7. The molecule has 1 rings (SSSR count). The zero-order valence-electron chi connectivity index (χ0n) is 10.8. The van der Waals surface area contributed by atoms with Crippen molar-refractivity contribution >= 4 is 11.8 Å². The van der Waals surface area contributed by atoms with Gasteiger partial charge >= 0.3 is 5.97 Å². The van der Waals surface area contributed by atoms with Gasteiger partial charge in [-0.3, -0.25) is 9.59 Å². The first-order valence-corrected chi connectivity index (χ1v) is 6.01. The summed E-state index contributed by atoms with van der Waals surface area (Å²) in [6.07, 6.45) is 0.293. The molecule has 0 bridgehead atoms. The van der Waals surface area contributed by atoms with Crippen LogP contribution in [0.15, 0.2) is 11.5 Å². The van der Waals surface area contributed by atoms with Gasteiger partial charge in [0, 0.05) is 25.8 Å². The van der Waals surface area contributed by atoms with Crippen molar-refractivity contribution in [1.29, 1.82) is 0 Å². The lowest BCUT2D eigenvalue weighted by Crippen LogP contribution is -2.43. The van der Waals surface area contributed by atoms with Gasteiger partial charge in [-0.2, -0.15) is 0 Å². The van der Waals surface area contributed by atoms with Crippen LogP contribution in [0.2, 0.25) is 0 Å². The molecule has 0 amide bonds. The second-order valence-corrected chi connectivity index (χ2v) is 4.60. The van der Waals surface area contributed by atoms with E-state index >= 15 is 0 Å². The Kier molecular flexibility index (Phi) is 5.31. The van der Waals surface area contributed by atoms with E-state index in [1.807, 2.05) is 0 Å². The highest BCUT2D eigenvalue weighted by Crippen LogP contribution is 2.29. The van der Waals surface area contributed by atoms with E-state index in [1.165, 1.54) is 7.11 Å². The number of carboxylic acid groups (broad SMARTS) is 1. The third-order valence-corrected chi connectivity index (χ3v) is 2.93. The van der Waals surface area contributed by atoms with E-state index in [2.05, 4.69) is 5.32 Å².